The van der Waals surface area contributed by atoms with Crippen molar-refractivity contribution in [3.63, 3.8) is 0 Å². The summed E-state index contributed by atoms with van der Waals surface area (Å²) in [5, 5.41) is 14.3. The zero-order valence-electron chi connectivity index (χ0n) is 27.4. The van der Waals surface area contributed by atoms with Gasteiger partial charge in [-0.25, -0.2) is 18.0 Å². The molecule has 2 aromatic rings. The Morgan fingerprint density at radius 1 is 0.765 bits per heavy atom. The third kappa shape index (κ3) is 15.2. The summed E-state index contributed by atoms with van der Waals surface area (Å²) in [6.07, 6.45) is 1.26. The van der Waals surface area contributed by atoms with E-state index in [1.165, 1.54) is 42.6 Å². The van der Waals surface area contributed by atoms with Crippen molar-refractivity contribution < 1.29 is 70.8 Å². The van der Waals surface area contributed by atoms with E-state index in [4.69, 9.17) is 28.8 Å². The zero-order chi connectivity index (χ0) is 37.1. The van der Waals surface area contributed by atoms with Gasteiger partial charge in [-0.1, -0.05) is 0 Å². The molecule has 1 fully saturated rings. The lowest BCUT2D eigenvalue weighted by Gasteiger charge is -2.12. The van der Waals surface area contributed by atoms with Crippen LogP contribution in [0.15, 0.2) is 47.5 Å². The lowest BCUT2D eigenvalue weighted by molar-refractivity contribution is -0.200. The van der Waals surface area contributed by atoms with Gasteiger partial charge < -0.3 is 44.3 Å². The first-order valence-corrected chi connectivity index (χ1v) is 17.1. The van der Waals surface area contributed by atoms with Crippen molar-refractivity contribution in [1.29, 1.82) is 0 Å². The van der Waals surface area contributed by atoms with Gasteiger partial charge >= 0.3 is 11.9 Å². The van der Waals surface area contributed by atoms with Crippen LogP contribution < -0.4 is 15.4 Å². The minimum atomic E-state index is -3.76. The Morgan fingerprint density at radius 2 is 1.37 bits per heavy atom. The Morgan fingerprint density at radius 3 is 1.98 bits per heavy atom. The van der Waals surface area contributed by atoms with Crippen LogP contribution in [0.2, 0.25) is 0 Å². The minimum absolute atomic E-state index is 0.000481. The van der Waals surface area contributed by atoms with E-state index in [-0.39, 0.29) is 100.0 Å². The van der Waals surface area contributed by atoms with Gasteiger partial charge in [0, 0.05) is 32.1 Å². The predicted octanol–water partition coefficient (Wildman–Crippen LogP) is -0.961. The van der Waals surface area contributed by atoms with Gasteiger partial charge in [-0.15, -0.1) is 5.06 Å². The molecule has 0 unspecified atom stereocenters. The second kappa shape index (κ2) is 21.3. The molecule has 1 aliphatic heterocycles. The SMILES string of the molecule is O=C(O)COc1ccc(S(=O)(=O)Cc2ccc(C(=O)NCCOCCOCC(=O)NCCOCCOCC(=O)ON3C(=O)CCC3=O)cn2)cc1. The molecule has 0 atom stereocenters. The lowest BCUT2D eigenvalue weighted by atomic mass is 10.2. The van der Waals surface area contributed by atoms with E-state index in [1.807, 2.05) is 0 Å². The maximum Gasteiger partial charge on any atom is 0.358 e. The summed E-state index contributed by atoms with van der Waals surface area (Å²) >= 11 is 0. The number of aromatic nitrogens is 1. The topological polar surface area (TPSA) is 252 Å². The fourth-order valence-corrected chi connectivity index (χ4v) is 5.29. The third-order valence-electron chi connectivity index (χ3n) is 6.47. The van der Waals surface area contributed by atoms with Crippen LogP contribution in [0.1, 0.15) is 28.9 Å². The number of imide groups is 1. The number of carboxylic acid groups (broad SMARTS) is 1. The summed E-state index contributed by atoms with van der Waals surface area (Å²) in [5.74, 6) is -4.20. The van der Waals surface area contributed by atoms with Crippen molar-refractivity contribution in [1.82, 2.24) is 20.7 Å². The Bertz CT molecular complexity index is 1590. The van der Waals surface area contributed by atoms with Gasteiger partial charge in [0.05, 0.1) is 61.5 Å². The summed E-state index contributed by atoms with van der Waals surface area (Å²) in [7, 11) is -3.76. The molecule has 0 radical (unpaired) electrons. The molecule has 4 amide bonds. The van der Waals surface area contributed by atoms with Crippen LogP contribution >= 0.6 is 0 Å². The highest BCUT2D eigenvalue weighted by molar-refractivity contribution is 7.90. The van der Waals surface area contributed by atoms with Crippen LogP contribution in [0.4, 0.5) is 0 Å². The number of hydrogen-bond donors (Lipinski definition) is 3. The first-order chi connectivity index (χ1) is 24.4. The highest BCUT2D eigenvalue weighted by Gasteiger charge is 2.32. The largest absolute Gasteiger partial charge is 0.482 e. The summed E-state index contributed by atoms with van der Waals surface area (Å²) in [6, 6.07) is 8.21. The average molecular weight is 739 g/mol. The molecule has 0 saturated carbocycles. The van der Waals surface area contributed by atoms with Crippen LogP contribution in [-0.4, -0.2) is 132 Å². The van der Waals surface area contributed by atoms with E-state index >= 15 is 0 Å². The maximum absolute atomic E-state index is 12.7. The van der Waals surface area contributed by atoms with Crippen molar-refractivity contribution in [3.05, 3.63) is 53.9 Å². The Balaban J connectivity index is 1.15. The van der Waals surface area contributed by atoms with Crippen LogP contribution in [0.25, 0.3) is 0 Å². The van der Waals surface area contributed by atoms with E-state index in [1.54, 1.807) is 0 Å². The van der Waals surface area contributed by atoms with Gasteiger partial charge in [0.2, 0.25) is 5.91 Å². The number of pyridine rings is 1. The van der Waals surface area contributed by atoms with Crippen LogP contribution in [0.5, 0.6) is 5.75 Å². The summed E-state index contributed by atoms with van der Waals surface area (Å²) in [5.41, 5.74) is 0.445. The quantitative estimate of drug-likeness (QED) is 0.0866. The first kappa shape index (κ1) is 40.4. The molecule has 51 heavy (non-hydrogen) atoms. The lowest BCUT2D eigenvalue weighted by Crippen LogP contribution is -2.33. The van der Waals surface area contributed by atoms with Gasteiger partial charge in [0.15, 0.2) is 16.4 Å². The molecule has 3 rings (SSSR count). The highest BCUT2D eigenvalue weighted by atomic mass is 32.2. The predicted molar refractivity (Wildman–Crippen MR) is 170 cm³/mol. The van der Waals surface area contributed by atoms with Crippen molar-refractivity contribution in [2.45, 2.75) is 23.5 Å². The molecule has 1 aliphatic rings. The fraction of sp³-hybridized carbons (Fsp3) is 0.452. The molecular formula is C31H38N4O15S. The number of carbonyl (C=O) groups is 6. The number of benzene rings is 1. The molecule has 20 heteroatoms. The van der Waals surface area contributed by atoms with Gasteiger partial charge in [-0.05, 0) is 36.4 Å². The molecule has 0 bridgehead atoms. The summed E-state index contributed by atoms with van der Waals surface area (Å²) in [4.78, 5) is 77.9. The van der Waals surface area contributed by atoms with E-state index in [9.17, 15) is 37.2 Å². The number of ether oxygens (including phenoxy) is 5. The molecular weight excluding hydrogens is 700 g/mol. The van der Waals surface area contributed by atoms with Crippen LogP contribution in [-0.2, 0) is 63.3 Å². The molecule has 0 spiro atoms. The maximum atomic E-state index is 12.7. The van der Waals surface area contributed by atoms with Crippen molar-refractivity contribution in [3.8, 4) is 5.75 Å². The number of nitrogens with zero attached hydrogens (tertiary/aromatic N) is 2. The number of carbonyl (C=O) groups excluding carboxylic acids is 5. The molecule has 1 aromatic heterocycles. The molecule has 0 aliphatic carbocycles. The van der Waals surface area contributed by atoms with Gasteiger partial charge in [-0.3, -0.25) is 24.2 Å². The van der Waals surface area contributed by atoms with Crippen LogP contribution in [0, 0.1) is 0 Å². The second-order valence-electron chi connectivity index (χ2n) is 10.4. The van der Waals surface area contributed by atoms with E-state index < -0.39 is 58.5 Å². The number of carboxylic acids is 1. The molecule has 2 heterocycles. The molecule has 1 aromatic carbocycles. The van der Waals surface area contributed by atoms with E-state index in [0.717, 1.165) is 0 Å². The van der Waals surface area contributed by atoms with Crippen molar-refractivity contribution >= 4 is 45.4 Å². The number of nitrogens with one attached hydrogen (secondary N) is 2. The number of aliphatic carboxylic acids is 1. The number of amides is 4. The minimum Gasteiger partial charge on any atom is -0.482 e. The third-order valence-corrected chi connectivity index (χ3v) is 8.13. The molecule has 3 N–H and O–H groups in total. The fourth-order valence-electron chi connectivity index (χ4n) is 4.01. The second-order valence-corrected chi connectivity index (χ2v) is 12.4. The summed E-state index contributed by atoms with van der Waals surface area (Å²) in [6.45, 7) is 0.00514. The van der Waals surface area contributed by atoms with Crippen LogP contribution in [0.3, 0.4) is 0 Å². The summed E-state index contributed by atoms with van der Waals surface area (Å²) < 4.78 is 51.4. The zero-order valence-corrected chi connectivity index (χ0v) is 28.2. The first-order valence-electron chi connectivity index (χ1n) is 15.5. The smallest absolute Gasteiger partial charge is 0.358 e. The molecule has 1 saturated heterocycles. The molecule has 19 nitrogen and oxygen atoms in total. The normalized spacial score (nSPS) is 12.8. The average Bonchev–Trinajstić information content (AvgIpc) is 3.41. The number of sulfone groups is 1. The van der Waals surface area contributed by atoms with Gasteiger partial charge in [0.25, 0.3) is 17.7 Å². The number of hydroxylamine groups is 2. The highest BCUT2D eigenvalue weighted by Crippen LogP contribution is 2.20. The Kier molecular flexibility index (Phi) is 16.8. The van der Waals surface area contributed by atoms with Gasteiger partial charge in [-0.2, -0.15) is 0 Å². The van der Waals surface area contributed by atoms with Gasteiger partial charge in [0.1, 0.15) is 19.0 Å². The van der Waals surface area contributed by atoms with Crippen molar-refractivity contribution in [2.75, 3.05) is 72.6 Å². The monoisotopic (exact) mass is 738 g/mol. The molecule has 278 valence electrons. The Labute approximate surface area is 292 Å². The number of rotatable bonds is 24. The van der Waals surface area contributed by atoms with Crippen molar-refractivity contribution in [2.24, 2.45) is 0 Å². The van der Waals surface area contributed by atoms with E-state index in [0.29, 0.717) is 5.06 Å². The standard InChI is InChI=1S/C31H38N4O15S/c36-26(32-9-11-45-14-16-48-20-30(41)50-35-27(37)7-8-28(35)38)18-47-15-13-46-12-10-33-31(42)22-1-2-23(34-17-22)21-51(43,44)25-5-3-24(4-6-25)49-19-29(39)40/h1-6,17H,7-16,18-21H2,(H,32,36)(H,33,42)(H,39,40). The Hall–Kier alpha value is -5.02. The number of hydrogen-bond acceptors (Lipinski definition) is 15. The van der Waals surface area contributed by atoms with E-state index in [2.05, 4.69) is 20.5 Å².